The Balaban J connectivity index is 2.36. The predicted molar refractivity (Wildman–Crippen MR) is 223 cm³/mol. The molecule has 1 aromatic rings. The Kier molecular flexibility index (Phi) is 19.6. The minimum absolute atomic E-state index is 0.00729. The van der Waals surface area contributed by atoms with Gasteiger partial charge < -0.3 is 40.0 Å². The van der Waals surface area contributed by atoms with Gasteiger partial charge in [0.05, 0.1) is 42.7 Å². The monoisotopic (exact) mass is 802 g/mol. The molecule has 0 bridgehead atoms. The van der Waals surface area contributed by atoms with Gasteiger partial charge in [0.15, 0.2) is 0 Å². The SMILES string of the molecule is CC[C@H](C)[C@@H]([C@@H](CC(=O)N1[C@@H](C)CC[C@H]1[C@H](OC)[C@@H](C)C(=O)NC(Cc1ccccc1)C(=O)OC(C)(C)C)OC)N(C)C(=O)C(NC(=O)C(NC)C(C)C)C(C)C. The Bertz CT molecular complexity index is 1450. The van der Waals surface area contributed by atoms with Gasteiger partial charge in [0.1, 0.15) is 17.7 Å². The molecule has 0 spiro atoms. The highest BCUT2D eigenvalue weighted by atomic mass is 16.6. The first kappa shape index (κ1) is 49.6. The highest BCUT2D eigenvalue weighted by Gasteiger charge is 2.45. The second-order valence-corrected chi connectivity index (χ2v) is 17.6. The molecule has 1 aliphatic heterocycles. The van der Waals surface area contributed by atoms with Crippen LogP contribution in [-0.2, 0) is 44.6 Å². The number of amides is 4. The molecular weight excluding hydrogens is 727 g/mol. The quantitative estimate of drug-likeness (QED) is 0.150. The summed E-state index contributed by atoms with van der Waals surface area (Å²) in [6, 6.07) is 6.24. The smallest absolute Gasteiger partial charge is 0.329 e. The summed E-state index contributed by atoms with van der Waals surface area (Å²) in [6.07, 6.45) is 0.966. The van der Waals surface area contributed by atoms with E-state index < -0.39 is 59.9 Å². The molecule has 1 saturated heterocycles. The number of esters is 1. The van der Waals surface area contributed by atoms with Crippen molar-refractivity contribution in [2.45, 2.75) is 162 Å². The van der Waals surface area contributed by atoms with Crippen molar-refractivity contribution in [3.8, 4) is 0 Å². The molecule has 3 N–H and O–H groups in total. The van der Waals surface area contributed by atoms with Crippen molar-refractivity contribution in [1.82, 2.24) is 25.8 Å². The number of benzene rings is 1. The van der Waals surface area contributed by atoms with Crippen LogP contribution >= 0.6 is 0 Å². The number of nitrogens with zero attached hydrogens (tertiary/aromatic N) is 2. The number of likely N-dealkylation sites (N-methyl/N-ethyl adjacent to an activating group) is 2. The molecule has 13 nitrogen and oxygen atoms in total. The fourth-order valence-electron chi connectivity index (χ4n) is 8.08. The number of hydrogen-bond acceptors (Lipinski definition) is 9. The topological polar surface area (TPSA) is 156 Å². The third-order valence-corrected chi connectivity index (χ3v) is 11.4. The highest BCUT2D eigenvalue weighted by molar-refractivity contribution is 5.90. The number of ether oxygens (including phenoxy) is 3. The molecule has 0 aromatic heterocycles. The van der Waals surface area contributed by atoms with Crippen molar-refractivity contribution < 1.29 is 38.2 Å². The van der Waals surface area contributed by atoms with E-state index in [1.54, 1.807) is 53.8 Å². The van der Waals surface area contributed by atoms with Gasteiger partial charge in [0.2, 0.25) is 23.6 Å². The maximum atomic E-state index is 14.5. The molecule has 0 aliphatic carbocycles. The number of rotatable bonds is 21. The van der Waals surface area contributed by atoms with Gasteiger partial charge in [-0.2, -0.15) is 0 Å². The van der Waals surface area contributed by atoms with E-state index in [9.17, 15) is 24.0 Å². The Labute approximate surface area is 343 Å². The van der Waals surface area contributed by atoms with Gasteiger partial charge in [-0.15, -0.1) is 0 Å². The molecule has 2 rings (SSSR count). The second-order valence-electron chi connectivity index (χ2n) is 17.6. The Morgan fingerprint density at radius 2 is 1.47 bits per heavy atom. The van der Waals surface area contributed by atoms with Crippen molar-refractivity contribution in [3.63, 3.8) is 0 Å². The third-order valence-electron chi connectivity index (χ3n) is 11.4. The molecule has 1 heterocycles. The summed E-state index contributed by atoms with van der Waals surface area (Å²) in [4.78, 5) is 72.8. The minimum Gasteiger partial charge on any atom is -0.458 e. The summed E-state index contributed by atoms with van der Waals surface area (Å²) in [5, 5.41) is 8.98. The molecule has 13 heteroatoms. The first-order valence-electron chi connectivity index (χ1n) is 20.8. The van der Waals surface area contributed by atoms with Gasteiger partial charge in [-0.3, -0.25) is 19.2 Å². The summed E-state index contributed by atoms with van der Waals surface area (Å²) >= 11 is 0. The fraction of sp³-hybridized carbons (Fsp3) is 0.750. The molecule has 324 valence electrons. The average Bonchev–Trinajstić information content (AvgIpc) is 3.53. The van der Waals surface area contributed by atoms with Crippen molar-refractivity contribution in [3.05, 3.63) is 35.9 Å². The summed E-state index contributed by atoms with van der Waals surface area (Å²) in [5.74, 6) is -2.51. The number of carbonyl (C=O) groups excluding carboxylic acids is 5. The van der Waals surface area contributed by atoms with Gasteiger partial charge in [-0.05, 0) is 70.9 Å². The van der Waals surface area contributed by atoms with E-state index >= 15 is 0 Å². The number of nitrogens with one attached hydrogen (secondary N) is 3. The molecule has 0 saturated carbocycles. The first-order valence-corrected chi connectivity index (χ1v) is 20.8. The maximum Gasteiger partial charge on any atom is 0.329 e. The van der Waals surface area contributed by atoms with Gasteiger partial charge in [-0.25, -0.2) is 4.79 Å². The lowest BCUT2D eigenvalue weighted by Gasteiger charge is -2.41. The molecule has 57 heavy (non-hydrogen) atoms. The normalized spacial score (nSPS) is 20.2. The van der Waals surface area contributed by atoms with Crippen LogP contribution in [0.1, 0.15) is 107 Å². The van der Waals surface area contributed by atoms with E-state index in [1.807, 2.05) is 83.7 Å². The van der Waals surface area contributed by atoms with Crippen molar-refractivity contribution in [2.24, 2.45) is 23.7 Å². The molecule has 10 atom stereocenters. The number of hydrogen-bond donors (Lipinski definition) is 3. The molecule has 1 fully saturated rings. The fourth-order valence-corrected chi connectivity index (χ4v) is 8.08. The van der Waals surface area contributed by atoms with Crippen LogP contribution in [-0.4, -0.2) is 122 Å². The molecule has 3 unspecified atom stereocenters. The molecule has 1 aliphatic rings. The third kappa shape index (κ3) is 13.8. The molecule has 0 radical (unpaired) electrons. The minimum atomic E-state index is -0.928. The van der Waals surface area contributed by atoms with Crippen LogP contribution in [0.3, 0.4) is 0 Å². The van der Waals surface area contributed by atoms with Crippen molar-refractivity contribution in [1.29, 1.82) is 0 Å². The number of methoxy groups -OCH3 is 2. The van der Waals surface area contributed by atoms with E-state index in [0.29, 0.717) is 12.8 Å². The van der Waals surface area contributed by atoms with Crippen LogP contribution in [0.4, 0.5) is 0 Å². The van der Waals surface area contributed by atoms with Crippen LogP contribution in [0.25, 0.3) is 0 Å². The Morgan fingerprint density at radius 1 is 0.877 bits per heavy atom. The second kappa shape index (κ2) is 22.6. The average molecular weight is 802 g/mol. The molecular formula is C44H75N5O8. The van der Waals surface area contributed by atoms with Crippen LogP contribution in [0.2, 0.25) is 0 Å². The molecule has 4 amide bonds. The first-order chi connectivity index (χ1) is 26.6. The van der Waals surface area contributed by atoms with Gasteiger partial charge >= 0.3 is 5.97 Å². The van der Waals surface area contributed by atoms with Gasteiger partial charge in [0.25, 0.3) is 0 Å². The zero-order valence-corrected chi connectivity index (χ0v) is 37.5. The summed E-state index contributed by atoms with van der Waals surface area (Å²) in [5.41, 5.74) is 0.129. The summed E-state index contributed by atoms with van der Waals surface area (Å²) in [7, 11) is 6.54. The van der Waals surface area contributed by atoms with Crippen molar-refractivity contribution >= 4 is 29.6 Å². The lowest BCUT2D eigenvalue weighted by molar-refractivity contribution is -0.159. The van der Waals surface area contributed by atoms with Gasteiger partial charge in [-0.1, -0.05) is 85.2 Å². The van der Waals surface area contributed by atoms with Crippen molar-refractivity contribution in [2.75, 3.05) is 28.3 Å². The maximum absolute atomic E-state index is 14.5. The zero-order chi connectivity index (χ0) is 43.4. The van der Waals surface area contributed by atoms with E-state index in [2.05, 4.69) is 16.0 Å². The van der Waals surface area contributed by atoms with Crippen LogP contribution in [0, 0.1) is 23.7 Å². The Hall–Kier alpha value is -3.55. The Morgan fingerprint density at radius 3 is 1.96 bits per heavy atom. The standard InChI is InChI=1S/C44H75N5O8/c1-16-28(6)38(48(13)42(53)37(27(4)5)47-41(52)36(45-12)26(2)3)34(55-14)25-35(50)49-29(7)22-23-33(49)39(56-15)30(8)40(51)46-32(43(54)57-44(9,10)11)24-31-20-18-17-19-21-31/h17-21,26-30,32-34,36-39,45H,16,22-25H2,1-15H3,(H,46,51)(H,47,52)/t28-,29-,30+,32?,33-,34+,36?,37?,38-,39+/m0/s1. The number of carbonyl (C=O) groups is 5. The predicted octanol–water partition coefficient (Wildman–Crippen LogP) is 4.75. The van der Waals surface area contributed by atoms with Crippen LogP contribution in [0.15, 0.2) is 30.3 Å². The summed E-state index contributed by atoms with van der Waals surface area (Å²) in [6.45, 7) is 20.9. The highest BCUT2D eigenvalue weighted by Crippen LogP contribution is 2.33. The molecule has 1 aromatic carbocycles. The van der Waals surface area contributed by atoms with Gasteiger partial charge in [0, 0.05) is 33.7 Å². The van der Waals surface area contributed by atoms with Crippen LogP contribution < -0.4 is 16.0 Å². The van der Waals surface area contributed by atoms with E-state index in [0.717, 1.165) is 12.0 Å². The van der Waals surface area contributed by atoms with E-state index in [1.165, 1.54) is 7.11 Å². The summed E-state index contributed by atoms with van der Waals surface area (Å²) < 4.78 is 17.8. The van der Waals surface area contributed by atoms with E-state index in [-0.39, 0.29) is 60.3 Å². The van der Waals surface area contributed by atoms with Crippen LogP contribution in [0.5, 0.6) is 0 Å². The largest absolute Gasteiger partial charge is 0.458 e. The lowest BCUT2D eigenvalue weighted by atomic mass is 9.89. The number of likely N-dealkylation sites (tertiary alicyclic amines) is 1. The lowest BCUT2D eigenvalue weighted by Crippen LogP contribution is -2.59. The van der Waals surface area contributed by atoms with E-state index in [4.69, 9.17) is 14.2 Å². The zero-order valence-electron chi connectivity index (χ0n) is 37.5.